The predicted octanol–water partition coefficient (Wildman–Crippen LogP) is 3.31. The number of nitrogens with zero attached hydrogens (tertiary/aromatic N) is 2. The van der Waals surface area contributed by atoms with E-state index in [2.05, 4.69) is 9.71 Å². The minimum absolute atomic E-state index is 0.0212. The third-order valence-corrected chi connectivity index (χ3v) is 5.95. The summed E-state index contributed by atoms with van der Waals surface area (Å²) in [6.45, 7) is 0.239. The third-order valence-electron chi connectivity index (χ3n) is 4.60. The number of carbonyl (C=O) groups is 1. The van der Waals surface area contributed by atoms with Gasteiger partial charge in [-0.2, -0.15) is 0 Å². The van der Waals surface area contributed by atoms with Crippen LogP contribution < -0.4 is 14.2 Å². The van der Waals surface area contributed by atoms with Crippen LogP contribution in [0, 0.1) is 5.82 Å². The van der Waals surface area contributed by atoms with Crippen molar-refractivity contribution < 1.29 is 27.1 Å². The average molecular weight is 459 g/mol. The first kappa shape index (κ1) is 23.0. The molecule has 0 aliphatic carbocycles. The molecule has 1 heterocycles. The van der Waals surface area contributed by atoms with Crippen LogP contribution in [-0.2, 0) is 16.6 Å². The van der Waals surface area contributed by atoms with E-state index in [1.54, 1.807) is 25.5 Å². The number of pyridine rings is 1. The molecule has 0 aliphatic rings. The van der Waals surface area contributed by atoms with Gasteiger partial charge in [-0.3, -0.25) is 14.5 Å². The summed E-state index contributed by atoms with van der Waals surface area (Å²) in [5.74, 6) is -1.10. The van der Waals surface area contributed by atoms with E-state index in [1.807, 2.05) is 6.07 Å². The molecule has 0 radical (unpaired) electrons. The van der Waals surface area contributed by atoms with Crippen molar-refractivity contribution in [1.82, 2.24) is 9.88 Å². The number of anilines is 1. The molecule has 2 aromatic carbocycles. The highest BCUT2D eigenvalue weighted by Crippen LogP contribution is 2.35. The molecule has 1 N–H and O–H groups in total. The second kappa shape index (κ2) is 9.65. The Hall–Kier alpha value is -3.66. The summed E-state index contributed by atoms with van der Waals surface area (Å²) in [5.41, 5.74) is 0.551. The van der Waals surface area contributed by atoms with Crippen molar-refractivity contribution >= 4 is 21.6 Å². The fraction of sp³-hybridized carbons (Fsp3) is 0.182. The summed E-state index contributed by atoms with van der Waals surface area (Å²) in [5, 5.41) is 0. The monoisotopic (exact) mass is 459 g/mol. The molecule has 0 bridgehead atoms. The second-order valence-corrected chi connectivity index (χ2v) is 8.50. The first-order valence-corrected chi connectivity index (χ1v) is 10.9. The molecule has 0 unspecified atom stereocenters. The number of methoxy groups -OCH3 is 2. The molecule has 10 heteroatoms. The van der Waals surface area contributed by atoms with Gasteiger partial charge < -0.3 is 14.4 Å². The van der Waals surface area contributed by atoms with Gasteiger partial charge in [0.05, 0.1) is 30.4 Å². The number of benzene rings is 2. The van der Waals surface area contributed by atoms with Gasteiger partial charge in [-0.15, -0.1) is 0 Å². The number of halogens is 1. The van der Waals surface area contributed by atoms with E-state index in [1.165, 1.54) is 49.5 Å². The van der Waals surface area contributed by atoms with Gasteiger partial charge in [-0.1, -0.05) is 18.2 Å². The smallest absolute Gasteiger partial charge is 0.262 e. The molecule has 3 aromatic rings. The number of para-hydroxylation sites is 1. The Bertz CT molecular complexity index is 1220. The largest absolute Gasteiger partial charge is 0.493 e. The van der Waals surface area contributed by atoms with Crippen LogP contribution in [0.2, 0.25) is 0 Å². The zero-order valence-corrected chi connectivity index (χ0v) is 18.5. The quantitative estimate of drug-likeness (QED) is 0.555. The van der Waals surface area contributed by atoms with Crippen LogP contribution in [0.3, 0.4) is 0 Å². The fourth-order valence-electron chi connectivity index (χ4n) is 3.04. The van der Waals surface area contributed by atoms with Gasteiger partial charge in [-0.05, 0) is 29.8 Å². The van der Waals surface area contributed by atoms with Gasteiger partial charge in [-0.25, -0.2) is 12.8 Å². The van der Waals surface area contributed by atoms with Crippen molar-refractivity contribution in [3.8, 4) is 11.5 Å². The maximum atomic E-state index is 14.0. The number of ether oxygens (including phenoxy) is 2. The number of sulfonamides is 1. The average Bonchev–Trinajstić information content (AvgIpc) is 2.79. The maximum absolute atomic E-state index is 14.0. The Labute approximate surface area is 185 Å². The highest BCUT2D eigenvalue weighted by atomic mass is 32.2. The van der Waals surface area contributed by atoms with E-state index in [4.69, 9.17) is 9.47 Å². The summed E-state index contributed by atoms with van der Waals surface area (Å²) >= 11 is 0. The Balaban J connectivity index is 2.01. The van der Waals surface area contributed by atoms with Crippen LogP contribution in [0.5, 0.6) is 11.5 Å². The molecule has 0 aliphatic heterocycles. The lowest BCUT2D eigenvalue weighted by molar-refractivity contribution is 0.0780. The maximum Gasteiger partial charge on any atom is 0.262 e. The van der Waals surface area contributed by atoms with Gasteiger partial charge >= 0.3 is 0 Å². The summed E-state index contributed by atoms with van der Waals surface area (Å²) in [6.07, 6.45) is 3.25. The van der Waals surface area contributed by atoms with Crippen LogP contribution in [0.25, 0.3) is 0 Å². The van der Waals surface area contributed by atoms with Gasteiger partial charge in [0.15, 0.2) is 11.5 Å². The van der Waals surface area contributed by atoms with Crippen molar-refractivity contribution in [2.75, 3.05) is 26.0 Å². The molecule has 1 amide bonds. The standard InChI is InChI=1S/C22H22FN3O5S/c1-26(14-15-7-6-10-24-13-15)22(27)17-11-16(12-20(30-2)21(17)31-3)32(28,29)25-19-9-5-4-8-18(19)23/h4-13,25H,14H2,1-3H3. The van der Waals surface area contributed by atoms with Crippen molar-refractivity contribution in [1.29, 1.82) is 0 Å². The molecule has 3 rings (SSSR count). The Morgan fingerprint density at radius 2 is 1.88 bits per heavy atom. The minimum Gasteiger partial charge on any atom is -0.493 e. The molecule has 0 fully saturated rings. The first-order valence-electron chi connectivity index (χ1n) is 9.44. The third kappa shape index (κ3) is 4.97. The van der Waals surface area contributed by atoms with Gasteiger partial charge in [0.2, 0.25) is 0 Å². The van der Waals surface area contributed by atoms with Crippen molar-refractivity contribution in [3.63, 3.8) is 0 Å². The lowest BCUT2D eigenvalue weighted by Crippen LogP contribution is -2.27. The highest BCUT2D eigenvalue weighted by Gasteiger charge is 2.26. The molecule has 0 spiro atoms. The lowest BCUT2D eigenvalue weighted by Gasteiger charge is -2.21. The van der Waals surface area contributed by atoms with Crippen molar-refractivity contribution in [3.05, 3.63) is 77.9 Å². The normalized spacial score (nSPS) is 11.0. The fourth-order valence-corrected chi connectivity index (χ4v) is 4.15. The molecular weight excluding hydrogens is 437 g/mol. The van der Waals surface area contributed by atoms with Crippen LogP contribution in [0.15, 0.2) is 65.8 Å². The van der Waals surface area contributed by atoms with Crippen molar-refractivity contribution in [2.45, 2.75) is 11.4 Å². The minimum atomic E-state index is -4.24. The number of hydrogen-bond acceptors (Lipinski definition) is 6. The molecule has 0 atom stereocenters. The topological polar surface area (TPSA) is 97.8 Å². The Kier molecular flexibility index (Phi) is 6.94. The van der Waals surface area contributed by atoms with Crippen LogP contribution >= 0.6 is 0 Å². The highest BCUT2D eigenvalue weighted by molar-refractivity contribution is 7.92. The number of aromatic nitrogens is 1. The zero-order chi connectivity index (χ0) is 23.3. The number of amides is 1. The van der Waals surface area contributed by atoms with Gasteiger partial charge in [0.25, 0.3) is 15.9 Å². The molecule has 32 heavy (non-hydrogen) atoms. The molecule has 168 valence electrons. The Morgan fingerprint density at radius 3 is 2.50 bits per heavy atom. The van der Waals surface area contributed by atoms with E-state index in [-0.39, 0.29) is 34.2 Å². The molecular formula is C22H22FN3O5S. The summed E-state index contributed by atoms with van der Waals surface area (Å²) in [6, 6.07) is 11.3. The van der Waals surface area contributed by atoms with Crippen molar-refractivity contribution in [2.24, 2.45) is 0 Å². The lowest BCUT2D eigenvalue weighted by atomic mass is 10.1. The molecule has 1 aromatic heterocycles. The van der Waals surface area contributed by atoms with Crippen LogP contribution in [0.1, 0.15) is 15.9 Å². The molecule has 0 saturated carbocycles. The molecule has 8 nitrogen and oxygen atoms in total. The van der Waals surface area contributed by atoms with E-state index in [9.17, 15) is 17.6 Å². The van der Waals surface area contributed by atoms with Gasteiger partial charge in [0, 0.05) is 32.1 Å². The number of nitrogens with one attached hydrogen (secondary N) is 1. The van der Waals surface area contributed by atoms with E-state index in [0.29, 0.717) is 0 Å². The van der Waals surface area contributed by atoms with Gasteiger partial charge in [0.1, 0.15) is 5.82 Å². The number of rotatable bonds is 8. The summed E-state index contributed by atoms with van der Waals surface area (Å²) in [4.78, 5) is 18.3. The molecule has 0 saturated heterocycles. The predicted molar refractivity (Wildman–Crippen MR) is 117 cm³/mol. The Morgan fingerprint density at radius 1 is 1.12 bits per heavy atom. The second-order valence-electron chi connectivity index (χ2n) is 6.81. The summed E-state index contributed by atoms with van der Waals surface area (Å²) < 4.78 is 52.7. The van der Waals surface area contributed by atoms with E-state index >= 15 is 0 Å². The SMILES string of the molecule is COc1cc(S(=O)(=O)Nc2ccccc2F)cc(C(=O)N(C)Cc2cccnc2)c1OC. The summed E-state index contributed by atoms with van der Waals surface area (Å²) in [7, 11) is 0.00344. The van der Waals surface area contributed by atoms with Crippen LogP contribution in [-0.4, -0.2) is 45.5 Å². The van der Waals surface area contributed by atoms with Crippen LogP contribution in [0.4, 0.5) is 10.1 Å². The first-order chi connectivity index (χ1) is 15.3. The van der Waals surface area contributed by atoms with E-state index in [0.717, 1.165) is 11.6 Å². The zero-order valence-electron chi connectivity index (χ0n) is 17.7. The number of carbonyl (C=O) groups excluding carboxylic acids is 1. The van der Waals surface area contributed by atoms with E-state index < -0.39 is 21.7 Å². The number of hydrogen-bond donors (Lipinski definition) is 1.